The molecule has 0 saturated carbocycles. The Hall–Kier alpha value is -2.51. The second-order valence-corrected chi connectivity index (χ2v) is 7.86. The van der Waals surface area contributed by atoms with Gasteiger partial charge in [0.25, 0.3) is 0 Å². The summed E-state index contributed by atoms with van der Waals surface area (Å²) in [6.07, 6.45) is 6.35. The summed E-state index contributed by atoms with van der Waals surface area (Å²) in [6.45, 7) is 8.59. The Balaban J connectivity index is 1.44. The summed E-state index contributed by atoms with van der Waals surface area (Å²) in [6, 6.07) is 12.9. The molecule has 7 nitrogen and oxygen atoms in total. The van der Waals surface area contributed by atoms with Gasteiger partial charge in [0.15, 0.2) is 5.96 Å². The van der Waals surface area contributed by atoms with Crippen LogP contribution in [0.2, 0.25) is 0 Å². The molecule has 170 valence electrons. The third kappa shape index (κ3) is 8.26. The van der Waals surface area contributed by atoms with Crippen molar-refractivity contribution >= 4 is 5.96 Å². The van der Waals surface area contributed by atoms with E-state index in [4.69, 9.17) is 14.5 Å². The average molecular weight is 428 g/mol. The summed E-state index contributed by atoms with van der Waals surface area (Å²) < 4.78 is 13.6. The predicted molar refractivity (Wildman–Crippen MR) is 126 cm³/mol. The van der Waals surface area contributed by atoms with Gasteiger partial charge in [-0.15, -0.1) is 0 Å². The fraction of sp³-hybridized carbons (Fsp3) is 0.542. The molecule has 3 rings (SSSR count). The van der Waals surface area contributed by atoms with Crippen molar-refractivity contribution in [2.75, 3.05) is 46.5 Å². The van der Waals surface area contributed by atoms with Gasteiger partial charge in [-0.1, -0.05) is 12.1 Å². The number of aliphatic imine (C=N–C) groups is 1. The van der Waals surface area contributed by atoms with E-state index >= 15 is 0 Å². The number of likely N-dealkylation sites (N-methyl/N-ethyl adjacent to an activating group) is 1. The van der Waals surface area contributed by atoms with Crippen molar-refractivity contribution in [1.29, 1.82) is 0 Å². The highest BCUT2D eigenvalue weighted by Gasteiger charge is 2.17. The van der Waals surface area contributed by atoms with Crippen LogP contribution in [-0.2, 0) is 17.8 Å². The van der Waals surface area contributed by atoms with Crippen molar-refractivity contribution in [3.63, 3.8) is 0 Å². The lowest BCUT2D eigenvalue weighted by Gasteiger charge is -2.31. The minimum absolute atomic E-state index is 0.604. The minimum atomic E-state index is 0.604. The molecule has 2 N–H and O–H groups in total. The van der Waals surface area contributed by atoms with Gasteiger partial charge in [-0.2, -0.15) is 0 Å². The maximum absolute atomic E-state index is 6.01. The van der Waals surface area contributed by atoms with Crippen molar-refractivity contribution in [1.82, 2.24) is 20.1 Å². The lowest BCUT2D eigenvalue weighted by molar-refractivity contribution is 0.0392. The van der Waals surface area contributed by atoms with Crippen LogP contribution in [0, 0.1) is 0 Å². The first kappa shape index (κ1) is 23.2. The molecule has 0 amide bonds. The van der Waals surface area contributed by atoms with Crippen LogP contribution in [0.15, 0.2) is 53.8 Å². The molecule has 1 fully saturated rings. The molecule has 0 unspecified atom stereocenters. The first-order valence-electron chi connectivity index (χ1n) is 11.4. The Morgan fingerprint density at radius 3 is 2.77 bits per heavy atom. The smallest absolute Gasteiger partial charge is 0.191 e. The van der Waals surface area contributed by atoms with Crippen molar-refractivity contribution < 1.29 is 9.47 Å². The summed E-state index contributed by atoms with van der Waals surface area (Å²) in [4.78, 5) is 7.11. The van der Waals surface area contributed by atoms with Crippen molar-refractivity contribution in [3.8, 4) is 5.75 Å². The third-order valence-corrected chi connectivity index (χ3v) is 5.52. The molecule has 1 aromatic carbocycles. The SMILES string of the molecule is CCNC(=NCc1cccc(OCCN(C)C2CCOCC2)c1)NCCn1cccc1. The van der Waals surface area contributed by atoms with E-state index in [9.17, 15) is 0 Å². The molecule has 7 heteroatoms. The van der Waals surface area contributed by atoms with E-state index in [1.807, 2.05) is 24.3 Å². The van der Waals surface area contributed by atoms with Gasteiger partial charge in [0, 0.05) is 57.8 Å². The molecular weight excluding hydrogens is 390 g/mol. The van der Waals surface area contributed by atoms with Gasteiger partial charge in [-0.3, -0.25) is 4.90 Å². The summed E-state index contributed by atoms with van der Waals surface area (Å²) in [5, 5.41) is 6.70. The Kier molecular flexibility index (Phi) is 9.73. The van der Waals surface area contributed by atoms with Crippen LogP contribution < -0.4 is 15.4 Å². The lowest BCUT2D eigenvalue weighted by Crippen LogP contribution is -2.38. The zero-order valence-corrected chi connectivity index (χ0v) is 18.9. The highest BCUT2D eigenvalue weighted by molar-refractivity contribution is 5.79. The van der Waals surface area contributed by atoms with Crippen molar-refractivity contribution in [2.24, 2.45) is 4.99 Å². The third-order valence-electron chi connectivity index (χ3n) is 5.52. The molecule has 1 aliphatic heterocycles. The first-order valence-corrected chi connectivity index (χ1v) is 11.4. The Bertz CT molecular complexity index is 772. The molecule has 31 heavy (non-hydrogen) atoms. The molecule has 1 saturated heterocycles. The quantitative estimate of drug-likeness (QED) is 0.427. The van der Waals surface area contributed by atoms with Crippen LogP contribution in [-0.4, -0.2) is 68.0 Å². The van der Waals surface area contributed by atoms with Crippen LogP contribution in [0.4, 0.5) is 0 Å². The average Bonchev–Trinajstić information content (AvgIpc) is 3.32. The number of ether oxygens (including phenoxy) is 2. The second-order valence-electron chi connectivity index (χ2n) is 7.86. The molecule has 0 radical (unpaired) electrons. The molecule has 0 aliphatic carbocycles. The molecule has 1 aliphatic rings. The van der Waals surface area contributed by atoms with Crippen LogP contribution in [0.3, 0.4) is 0 Å². The standard InChI is InChI=1S/C24H37N5O2/c1-3-25-24(26-11-14-29-12-4-5-13-29)27-20-21-7-6-8-23(19-21)31-18-15-28(2)22-9-16-30-17-10-22/h4-8,12-13,19,22H,3,9-11,14-18,20H2,1-2H3,(H2,25,26,27). The van der Waals surface area contributed by atoms with E-state index in [1.165, 1.54) is 0 Å². The number of aromatic nitrogens is 1. The zero-order chi connectivity index (χ0) is 21.7. The Morgan fingerprint density at radius 2 is 2.00 bits per heavy atom. The van der Waals surface area contributed by atoms with Gasteiger partial charge in [-0.25, -0.2) is 4.99 Å². The van der Waals surface area contributed by atoms with Crippen molar-refractivity contribution in [2.45, 2.75) is 38.9 Å². The number of hydrogen-bond acceptors (Lipinski definition) is 4. The molecule has 2 heterocycles. The van der Waals surface area contributed by atoms with E-state index in [0.29, 0.717) is 19.2 Å². The van der Waals surface area contributed by atoms with E-state index in [0.717, 1.165) is 69.5 Å². The molecular formula is C24H37N5O2. The number of benzene rings is 1. The van der Waals surface area contributed by atoms with Crippen LogP contribution in [0.1, 0.15) is 25.3 Å². The fourth-order valence-corrected chi connectivity index (χ4v) is 3.68. The highest BCUT2D eigenvalue weighted by atomic mass is 16.5. The number of nitrogens with one attached hydrogen (secondary N) is 2. The van der Waals surface area contributed by atoms with Crippen molar-refractivity contribution in [3.05, 3.63) is 54.4 Å². The normalized spacial score (nSPS) is 15.3. The van der Waals surface area contributed by atoms with Gasteiger partial charge in [0.05, 0.1) is 6.54 Å². The van der Waals surface area contributed by atoms with Gasteiger partial charge in [-0.05, 0) is 56.6 Å². The van der Waals surface area contributed by atoms with Crippen LogP contribution >= 0.6 is 0 Å². The fourth-order valence-electron chi connectivity index (χ4n) is 3.68. The Morgan fingerprint density at radius 1 is 1.19 bits per heavy atom. The second kappa shape index (κ2) is 13.0. The summed E-state index contributed by atoms with van der Waals surface area (Å²) in [5.74, 6) is 1.73. The molecule has 0 atom stereocenters. The number of rotatable bonds is 11. The van der Waals surface area contributed by atoms with E-state index in [2.05, 4.69) is 58.6 Å². The topological polar surface area (TPSA) is 63.1 Å². The van der Waals surface area contributed by atoms with Crippen LogP contribution in [0.5, 0.6) is 5.75 Å². The van der Waals surface area contributed by atoms with Gasteiger partial charge in [0.2, 0.25) is 0 Å². The molecule has 0 bridgehead atoms. The summed E-state index contributed by atoms with van der Waals surface area (Å²) >= 11 is 0. The Labute approximate surface area is 186 Å². The minimum Gasteiger partial charge on any atom is -0.492 e. The lowest BCUT2D eigenvalue weighted by atomic mass is 10.1. The number of hydrogen-bond donors (Lipinski definition) is 2. The highest BCUT2D eigenvalue weighted by Crippen LogP contribution is 2.15. The maximum atomic E-state index is 6.01. The van der Waals surface area contributed by atoms with Gasteiger partial charge >= 0.3 is 0 Å². The molecule has 0 spiro atoms. The predicted octanol–water partition coefficient (Wildman–Crippen LogP) is 2.73. The van der Waals surface area contributed by atoms with Crippen LogP contribution in [0.25, 0.3) is 0 Å². The monoisotopic (exact) mass is 427 g/mol. The first-order chi connectivity index (χ1) is 15.2. The van der Waals surface area contributed by atoms with E-state index in [-0.39, 0.29) is 0 Å². The summed E-state index contributed by atoms with van der Waals surface area (Å²) in [5.41, 5.74) is 1.14. The van der Waals surface area contributed by atoms with E-state index in [1.54, 1.807) is 0 Å². The molecule has 2 aromatic rings. The number of nitrogens with zero attached hydrogens (tertiary/aromatic N) is 3. The van der Waals surface area contributed by atoms with E-state index < -0.39 is 0 Å². The molecule has 1 aromatic heterocycles. The van der Waals surface area contributed by atoms with Gasteiger partial charge in [0.1, 0.15) is 12.4 Å². The maximum Gasteiger partial charge on any atom is 0.191 e. The largest absolute Gasteiger partial charge is 0.492 e. The van der Waals surface area contributed by atoms with Gasteiger partial charge < -0.3 is 24.7 Å². The summed E-state index contributed by atoms with van der Waals surface area (Å²) in [7, 11) is 2.18. The zero-order valence-electron chi connectivity index (χ0n) is 18.9. The number of guanidine groups is 1.